The van der Waals surface area contributed by atoms with Crippen molar-refractivity contribution in [3.63, 3.8) is 0 Å². The number of nitrogen functional groups attached to an aromatic ring is 1. The van der Waals surface area contributed by atoms with Gasteiger partial charge in [0.05, 0.1) is 6.54 Å². The number of amides is 1. The minimum absolute atomic E-state index is 0.0447. The maximum Gasteiger partial charge on any atom is 0.258 e. The van der Waals surface area contributed by atoms with Crippen LogP contribution in [0.3, 0.4) is 0 Å². The highest BCUT2D eigenvalue weighted by molar-refractivity contribution is 6.10. The molecule has 0 heterocycles. The molecule has 0 aliphatic heterocycles. The van der Waals surface area contributed by atoms with Gasteiger partial charge in [-0.1, -0.05) is 31.2 Å². The van der Waals surface area contributed by atoms with Gasteiger partial charge in [0.2, 0.25) is 0 Å². The van der Waals surface area contributed by atoms with Gasteiger partial charge in [-0.25, -0.2) is 0 Å². The molecule has 110 valence electrons. The van der Waals surface area contributed by atoms with Gasteiger partial charge in [0.25, 0.3) is 5.91 Å². The molecule has 1 unspecified atom stereocenters. The van der Waals surface area contributed by atoms with E-state index in [4.69, 9.17) is 5.73 Å². The van der Waals surface area contributed by atoms with Crippen LogP contribution in [0, 0.1) is 5.92 Å². The average molecular weight is 284 g/mol. The van der Waals surface area contributed by atoms with Crippen LogP contribution >= 0.6 is 0 Å². The summed E-state index contributed by atoms with van der Waals surface area (Å²) in [6.07, 6.45) is 6.60. The number of hydrogen-bond donors (Lipinski definition) is 1. The average Bonchev–Trinajstić information content (AvgIpc) is 2.44. The van der Waals surface area contributed by atoms with E-state index in [0.29, 0.717) is 22.9 Å². The van der Waals surface area contributed by atoms with Crippen LogP contribution in [0.25, 0.3) is 0 Å². The molecule has 0 spiro atoms. The molecular formula is C17H20N2O2. The van der Waals surface area contributed by atoms with E-state index in [9.17, 15) is 9.59 Å². The zero-order valence-corrected chi connectivity index (χ0v) is 12.4. The summed E-state index contributed by atoms with van der Waals surface area (Å²) >= 11 is 0. The fraction of sp³-hybridized carbons (Fsp3) is 0.294. The smallest absolute Gasteiger partial charge is 0.258 e. The maximum atomic E-state index is 12.7. The number of carbonyl (C=O) groups is 2. The Bertz CT molecular complexity index is 617. The molecule has 1 aromatic carbocycles. The van der Waals surface area contributed by atoms with Crippen molar-refractivity contribution < 1.29 is 9.59 Å². The molecule has 0 radical (unpaired) electrons. The van der Waals surface area contributed by atoms with Gasteiger partial charge in [0.15, 0.2) is 0 Å². The van der Waals surface area contributed by atoms with Crippen LogP contribution in [-0.4, -0.2) is 18.2 Å². The van der Waals surface area contributed by atoms with Crippen molar-refractivity contribution in [3.05, 3.63) is 48.1 Å². The highest BCUT2D eigenvalue weighted by Crippen LogP contribution is 2.23. The van der Waals surface area contributed by atoms with Crippen molar-refractivity contribution in [2.24, 2.45) is 5.92 Å². The number of nitrogens with two attached hydrogens (primary N) is 1. The van der Waals surface area contributed by atoms with Gasteiger partial charge in [0, 0.05) is 16.9 Å². The molecule has 2 N–H and O–H groups in total. The molecule has 1 aromatic rings. The van der Waals surface area contributed by atoms with Crippen molar-refractivity contribution >= 4 is 23.1 Å². The zero-order valence-electron chi connectivity index (χ0n) is 12.4. The number of Topliss-reactive ketones (excluding diaryl/α,β-unsaturated/α-hetero) is 1. The monoisotopic (exact) mass is 284 g/mol. The van der Waals surface area contributed by atoms with E-state index in [1.807, 2.05) is 18.2 Å². The van der Waals surface area contributed by atoms with Crippen LogP contribution in [0.5, 0.6) is 0 Å². The predicted molar refractivity (Wildman–Crippen MR) is 84.9 cm³/mol. The van der Waals surface area contributed by atoms with Crippen molar-refractivity contribution in [2.45, 2.75) is 20.3 Å². The summed E-state index contributed by atoms with van der Waals surface area (Å²) in [6, 6.07) is 7.02. The first-order chi connectivity index (χ1) is 9.97. The molecule has 0 saturated heterocycles. The van der Waals surface area contributed by atoms with Crippen LogP contribution in [0.4, 0.5) is 11.4 Å². The number of nitrogens with zero attached hydrogens (tertiary/aromatic N) is 1. The third-order valence-electron chi connectivity index (χ3n) is 3.37. The van der Waals surface area contributed by atoms with E-state index in [2.05, 4.69) is 6.92 Å². The molecule has 4 heteroatoms. The van der Waals surface area contributed by atoms with E-state index < -0.39 is 0 Å². The van der Waals surface area contributed by atoms with Gasteiger partial charge in [-0.2, -0.15) is 0 Å². The summed E-state index contributed by atoms with van der Waals surface area (Å²) in [5.41, 5.74) is 7.60. The minimum Gasteiger partial charge on any atom is -0.399 e. The largest absolute Gasteiger partial charge is 0.399 e. The van der Waals surface area contributed by atoms with Crippen molar-refractivity contribution in [1.82, 2.24) is 0 Å². The summed E-state index contributed by atoms with van der Waals surface area (Å²) in [6.45, 7) is 3.61. The van der Waals surface area contributed by atoms with Crippen molar-refractivity contribution in [2.75, 3.05) is 17.2 Å². The molecule has 1 atom stereocenters. The number of anilines is 2. The number of hydrogen-bond acceptors (Lipinski definition) is 3. The Morgan fingerprint density at radius 3 is 2.71 bits per heavy atom. The molecule has 1 amide bonds. The molecule has 0 fully saturated rings. The van der Waals surface area contributed by atoms with E-state index in [1.165, 1.54) is 11.8 Å². The number of benzene rings is 1. The molecule has 1 aliphatic carbocycles. The van der Waals surface area contributed by atoms with Crippen LogP contribution in [-0.2, 0) is 9.59 Å². The lowest BCUT2D eigenvalue weighted by molar-refractivity contribution is -0.119. The Balaban J connectivity index is 2.30. The lowest BCUT2D eigenvalue weighted by Crippen LogP contribution is -2.36. The third kappa shape index (κ3) is 3.81. The third-order valence-corrected chi connectivity index (χ3v) is 3.37. The topological polar surface area (TPSA) is 63.4 Å². The Morgan fingerprint density at radius 1 is 1.38 bits per heavy atom. The number of ketones is 1. The highest BCUT2D eigenvalue weighted by atomic mass is 16.2. The molecular weight excluding hydrogens is 264 g/mol. The fourth-order valence-electron chi connectivity index (χ4n) is 2.24. The van der Waals surface area contributed by atoms with Gasteiger partial charge in [-0.3, -0.25) is 9.59 Å². The van der Waals surface area contributed by atoms with E-state index in [-0.39, 0.29) is 18.2 Å². The Hall–Kier alpha value is -2.36. The van der Waals surface area contributed by atoms with Gasteiger partial charge >= 0.3 is 0 Å². The first-order valence-corrected chi connectivity index (χ1v) is 7.02. The maximum absolute atomic E-state index is 12.7. The van der Waals surface area contributed by atoms with Crippen molar-refractivity contribution in [1.29, 1.82) is 0 Å². The molecule has 2 rings (SSSR count). The van der Waals surface area contributed by atoms with E-state index in [0.717, 1.165) is 6.42 Å². The van der Waals surface area contributed by atoms with Crippen LogP contribution in [0.2, 0.25) is 0 Å². The van der Waals surface area contributed by atoms with Gasteiger partial charge < -0.3 is 10.6 Å². The van der Waals surface area contributed by atoms with Gasteiger partial charge in [-0.05, 0) is 37.5 Å². The summed E-state index contributed by atoms with van der Waals surface area (Å²) in [7, 11) is 0. The lowest BCUT2D eigenvalue weighted by Gasteiger charge is -2.23. The normalized spacial score (nSPS) is 17.2. The molecule has 0 aromatic heterocycles. The first-order valence-electron chi connectivity index (χ1n) is 7.02. The highest BCUT2D eigenvalue weighted by Gasteiger charge is 2.21. The molecule has 21 heavy (non-hydrogen) atoms. The molecule has 1 aliphatic rings. The van der Waals surface area contributed by atoms with Crippen LogP contribution < -0.4 is 10.6 Å². The minimum atomic E-state index is -0.168. The Kier molecular flexibility index (Phi) is 4.58. The zero-order chi connectivity index (χ0) is 15.4. The van der Waals surface area contributed by atoms with Gasteiger partial charge in [-0.15, -0.1) is 0 Å². The van der Waals surface area contributed by atoms with E-state index >= 15 is 0 Å². The lowest BCUT2D eigenvalue weighted by atomic mass is 9.97. The quantitative estimate of drug-likeness (QED) is 0.865. The summed E-state index contributed by atoms with van der Waals surface area (Å²) in [5, 5.41) is 0. The SMILES string of the molecule is CC(=O)CN(C(=O)C1=CCC(C)C=C1)c1cccc(N)c1. The van der Waals surface area contributed by atoms with Crippen molar-refractivity contribution in [3.8, 4) is 0 Å². The standard InChI is InChI=1S/C17H20N2O2/c1-12-6-8-14(9-7-12)17(21)19(11-13(2)20)16-5-3-4-15(18)10-16/h3-6,8-10,12H,7,11,18H2,1-2H3. The van der Waals surface area contributed by atoms with Crippen LogP contribution in [0.1, 0.15) is 20.3 Å². The second-order valence-electron chi connectivity index (χ2n) is 5.42. The van der Waals surface area contributed by atoms with Gasteiger partial charge in [0.1, 0.15) is 5.78 Å². The molecule has 0 bridgehead atoms. The second-order valence-corrected chi connectivity index (χ2v) is 5.42. The summed E-state index contributed by atoms with van der Waals surface area (Å²) < 4.78 is 0. The predicted octanol–water partition coefficient (Wildman–Crippen LogP) is 2.71. The first kappa shape index (κ1) is 15.0. The fourth-order valence-corrected chi connectivity index (χ4v) is 2.24. The molecule has 0 saturated carbocycles. The van der Waals surface area contributed by atoms with Crippen LogP contribution in [0.15, 0.2) is 48.1 Å². The van der Waals surface area contributed by atoms with E-state index in [1.54, 1.807) is 24.3 Å². The molecule has 4 nitrogen and oxygen atoms in total. The number of rotatable bonds is 4. The Morgan fingerprint density at radius 2 is 2.14 bits per heavy atom. The number of allylic oxidation sites excluding steroid dienone is 2. The Labute approximate surface area is 124 Å². The summed E-state index contributed by atoms with van der Waals surface area (Å²) in [5.74, 6) is 0.202. The number of carbonyl (C=O) groups excluding carboxylic acids is 2. The summed E-state index contributed by atoms with van der Waals surface area (Å²) in [4.78, 5) is 25.6. The second kappa shape index (κ2) is 6.39.